The molecule has 0 fully saturated rings. The predicted molar refractivity (Wildman–Crippen MR) is 51.3 cm³/mol. The smallest absolute Gasteiger partial charge is 0.240 e. The number of hydrogen-bond acceptors (Lipinski definition) is 4. The van der Waals surface area contributed by atoms with Crippen molar-refractivity contribution in [3.8, 4) is 0 Å². The van der Waals surface area contributed by atoms with Gasteiger partial charge in [-0.15, -0.1) is 5.10 Å². The summed E-state index contributed by atoms with van der Waals surface area (Å²) >= 11 is 0. The van der Waals surface area contributed by atoms with E-state index >= 15 is 0 Å². The topological polar surface area (TPSA) is 69.1 Å². The Morgan fingerprint density at radius 1 is 1.38 bits per heavy atom. The summed E-state index contributed by atoms with van der Waals surface area (Å²) in [6.07, 6.45) is 3.38. The van der Waals surface area contributed by atoms with Crippen molar-refractivity contribution >= 4 is 11.6 Å². The van der Waals surface area contributed by atoms with Crippen molar-refractivity contribution in [1.82, 2.24) is 19.6 Å². The Hall–Kier alpha value is -1.65. The summed E-state index contributed by atoms with van der Waals surface area (Å²) in [7, 11) is 0. The van der Waals surface area contributed by atoms with Gasteiger partial charge in [-0.1, -0.05) is 13.8 Å². The fraction of sp³-hybridized carbons (Fsp3) is 0.375. The zero-order chi connectivity index (χ0) is 9.84. The lowest BCUT2D eigenvalue weighted by Gasteiger charge is -1.91. The van der Waals surface area contributed by atoms with E-state index in [1.54, 1.807) is 16.9 Å². The first-order valence-corrected chi connectivity index (χ1v) is 4.21. The Morgan fingerprint density at radius 2 is 2.08 bits per heavy atom. The third-order valence-electron chi connectivity index (χ3n) is 1.45. The fourth-order valence-electron chi connectivity index (χ4n) is 0.956. The van der Waals surface area contributed by atoms with E-state index in [-0.39, 0.29) is 5.95 Å². The van der Waals surface area contributed by atoms with E-state index in [4.69, 9.17) is 5.73 Å². The number of anilines is 1. The van der Waals surface area contributed by atoms with Gasteiger partial charge in [0.25, 0.3) is 0 Å². The molecule has 2 heterocycles. The lowest BCUT2D eigenvalue weighted by molar-refractivity contribution is 0.939. The Bertz CT molecular complexity index is 392. The van der Waals surface area contributed by atoms with E-state index in [9.17, 15) is 0 Å². The SMILES string of the molecule is CC.Cc1nccn2nc(N)nc12. The third kappa shape index (κ3) is 1.74. The minimum atomic E-state index is 0.279. The molecule has 2 N–H and O–H groups in total. The molecule has 0 amide bonds. The van der Waals surface area contributed by atoms with Gasteiger partial charge in [-0.25, -0.2) is 4.52 Å². The van der Waals surface area contributed by atoms with E-state index in [0.717, 1.165) is 5.69 Å². The number of fused-ring (bicyclic) bond motifs is 1. The molecule has 2 aromatic rings. The number of nitrogens with two attached hydrogens (primary N) is 1. The maximum absolute atomic E-state index is 5.39. The molecule has 0 saturated carbocycles. The summed E-state index contributed by atoms with van der Waals surface area (Å²) in [6.45, 7) is 5.86. The number of aromatic nitrogens is 4. The van der Waals surface area contributed by atoms with Gasteiger partial charge in [-0.3, -0.25) is 4.98 Å². The number of rotatable bonds is 0. The average Bonchev–Trinajstić information content (AvgIpc) is 2.51. The van der Waals surface area contributed by atoms with E-state index in [2.05, 4.69) is 15.1 Å². The molecule has 13 heavy (non-hydrogen) atoms. The molecule has 0 aliphatic heterocycles. The second-order valence-corrected chi connectivity index (χ2v) is 2.25. The molecule has 0 bridgehead atoms. The molecule has 0 atom stereocenters. The van der Waals surface area contributed by atoms with Gasteiger partial charge in [0, 0.05) is 12.4 Å². The zero-order valence-electron chi connectivity index (χ0n) is 8.02. The summed E-state index contributed by atoms with van der Waals surface area (Å²) in [5.74, 6) is 0.279. The van der Waals surface area contributed by atoms with Crippen LogP contribution in [0.1, 0.15) is 19.5 Å². The van der Waals surface area contributed by atoms with Gasteiger partial charge in [-0.05, 0) is 6.92 Å². The Kier molecular flexibility index (Phi) is 2.79. The van der Waals surface area contributed by atoms with E-state index < -0.39 is 0 Å². The molecule has 2 aromatic heterocycles. The van der Waals surface area contributed by atoms with Crippen LogP contribution in [0.5, 0.6) is 0 Å². The quantitative estimate of drug-likeness (QED) is 0.656. The second kappa shape index (κ2) is 3.84. The van der Waals surface area contributed by atoms with Crippen molar-refractivity contribution in [2.24, 2.45) is 0 Å². The number of hydrogen-bond donors (Lipinski definition) is 1. The monoisotopic (exact) mass is 179 g/mol. The van der Waals surface area contributed by atoms with Gasteiger partial charge in [0.2, 0.25) is 5.95 Å². The van der Waals surface area contributed by atoms with Gasteiger partial charge < -0.3 is 5.73 Å². The number of nitrogens with zero attached hydrogens (tertiary/aromatic N) is 4. The highest BCUT2D eigenvalue weighted by Crippen LogP contribution is 2.03. The van der Waals surface area contributed by atoms with Crippen LogP contribution in [0.25, 0.3) is 5.65 Å². The molecule has 2 rings (SSSR count). The van der Waals surface area contributed by atoms with Crippen LogP contribution in [-0.2, 0) is 0 Å². The molecule has 0 radical (unpaired) electrons. The Labute approximate surface area is 76.6 Å². The molecular weight excluding hydrogens is 166 g/mol. The molecule has 70 valence electrons. The Morgan fingerprint density at radius 3 is 2.69 bits per heavy atom. The average molecular weight is 179 g/mol. The lowest BCUT2D eigenvalue weighted by atomic mass is 10.5. The highest BCUT2D eigenvalue weighted by atomic mass is 15.3. The molecule has 5 nitrogen and oxygen atoms in total. The highest BCUT2D eigenvalue weighted by molar-refractivity contribution is 5.44. The fourth-order valence-corrected chi connectivity index (χ4v) is 0.956. The second-order valence-electron chi connectivity index (χ2n) is 2.25. The van der Waals surface area contributed by atoms with Crippen molar-refractivity contribution < 1.29 is 0 Å². The zero-order valence-corrected chi connectivity index (χ0v) is 8.02. The summed E-state index contributed by atoms with van der Waals surface area (Å²) in [6, 6.07) is 0. The van der Waals surface area contributed by atoms with Gasteiger partial charge >= 0.3 is 0 Å². The highest BCUT2D eigenvalue weighted by Gasteiger charge is 2.01. The minimum Gasteiger partial charge on any atom is -0.366 e. The normalized spacial score (nSPS) is 9.46. The number of aryl methyl sites for hydroxylation is 1. The standard InChI is InChI=1S/C6H7N5.C2H6/c1-4-5-9-6(7)10-11(5)3-2-8-4;1-2/h2-3H,1H3,(H2,7,10);1-2H3. The first kappa shape index (κ1) is 9.44. The summed E-state index contributed by atoms with van der Waals surface area (Å²) < 4.78 is 1.61. The Balaban J connectivity index is 0.000000396. The van der Waals surface area contributed by atoms with Gasteiger partial charge in [-0.2, -0.15) is 4.98 Å². The van der Waals surface area contributed by atoms with Crippen LogP contribution in [0.15, 0.2) is 12.4 Å². The first-order valence-electron chi connectivity index (χ1n) is 4.21. The molecule has 0 saturated heterocycles. The van der Waals surface area contributed by atoms with Crippen LogP contribution >= 0.6 is 0 Å². The molecule has 0 aliphatic carbocycles. The molecule has 0 spiro atoms. The van der Waals surface area contributed by atoms with E-state index in [0.29, 0.717) is 5.65 Å². The van der Waals surface area contributed by atoms with E-state index in [1.165, 1.54) is 0 Å². The number of nitrogen functional groups attached to an aromatic ring is 1. The van der Waals surface area contributed by atoms with Gasteiger partial charge in [0.05, 0.1) is 5.69 Å². The summed E-state index contributed by atoms with van der Waals surface area (Å²) in [5.41, 5.74) is 6.93. The molecule has 0 aromatic carbocycles. The van der Waals surface area contributed by atoms with Crippen molar-refractivity contribution in [3.05, 3.63) is 18.1 Å². The molecule has 0 unspecified atom stereocenters. The molecule has 5 heteroatoms. The van der Waals surface area contributed by atoms with Crippen molar-refractivity contribution in [2.45, 2.75) is 20.8 Å². The summed E-state index contributed by atoms with van der Waals surface area (Å²) in [4.78, 5) is 8.02. The van der Waals surface area contributed by atoms with Crippen LogP contribution in [0.4, 0.5) is 5.95 Å². The van der Waals surface area contributed by atoms with Crippen LogP contribution < -0.4 is 5.73 Å². The van der Waals surface area contributed by atoms with Crippen LogP contribution in [0.3, 0.4) is 0 Å². The van der Waals surface area contributed by atoms with Crippen LogP contribution in [-0.4, -0.2) is 19.6 Å². The molecular formula is C8H13N5. The van der Waals surface area contributed by atoms with E-state index in [1.807, 2.05) is 20.8 Å². The van der Waals surface area contributed by atoms with Crippen molar-refractivity contribution in [1.29, 1.82) is 0 Å². The van der Waals surface area contributed by atoms with Gasteiger partial charge in [0.15, 0.2) is 5.65 Å². The third-order valence-corrected chi connectivity index (χ3v) is 1.45. The maximum Gasteiger partial charge on any atom is 0.240 e. The lowest BCUT2D eigenvalue weighted by Crippen LogP contribution is -1.91. The van der Waals surface area contributed by atoms with Crippen LogP contribution in [0.2, 0.25) is 0 Å². The van der Waals surface area contributed by atoms with Gasteiger partial charge in [0.1, 0.15) is 0 Å². The molecule has 0 aliphatic rings. The van der Waals surface area contributed by atoms with Crippen LogP contribution in [0, 0.1) is 6.92 Å². The summed E-state index contributed by atoms with van der Waals surface area (Å²) in [5, 5.41) is 3.92. The first-order chi connectivity index (χ1) is 6.27. The predicted octanol–water partition coefficient (Wildman–Crippen LogP) is 1.04. The maximum atomic E-state index is 5.39. The van der Waals surface area contributed by atoms with Crippen molar-refractivity contribution in [2.75, 3.05) is 5.73 Å². The minimum absolute atomic E-state index is 0.279. The van der Waals surface area contributed by atoms with Crippen molar-refractivity contribution in [3.63, 3.8) is 0 Å². The largest absolute Gasteiger partial charge is 0.366 e.